The van der Waals surface area contributed by atoms with Crippen LogP contribution in [0.25, 0.3) is 22.3 Å². The number of carboxylic acid groups (broad SMARTS) is 2. The van der Waals surface area contributed by atoms with Crippen LogP contribution in [0.3, 0.4) is 0 Å². The van der Waals surface area contributed by atoms with Gasteiger partial charge in [-0.1, -0.05) is 57.2 Å². The third-order valence-corrected chi connectivity index (χ3v) is 4.87. The van der Waals surface area contributed by atoms with Crippen LogP contribution in [-0.2, 0) is 15.0 Å². The van der Waals surface area contributed by atoms with Crippen molar-refractivity contribution in [3.63, 3.8) is 0 Å². The molecule has 0 fully saturated rings. The minimum absolute atomic E-state index is 0.0222. The van der Waals surface area contributed by atoms with Gasteiger partial charge in [-0.05, 0) is 29.5 Å². The van der Waals surface area contributed by atoms with E-state index in [1.54, 1.807) is 6.07 Å². The molecular formula is C23H25N3O4. The molecule has 3 rings (SSSR count). The predicted molar refractivity (Wildman–Crippen MR) is 116 cm³/mol. The summed E-state index contributed by atoms with van der Waals surface area (Å²) < 4.78 is 0. The molecule has 3 aromatic rings. The van der Waals surface area contributed by atoms with Crippen molar-refractivity contribution in [3.8, 4) is 11.4 Å². The van der Waals surface area contributed by atoms with Crippen LogP contribution >= 0.6 is 0 Å². The first-order chi connectivity index (χ1) is 14.1. The molecule has 0 saturated carbocycles. The van der Waals surface area contributed by atoms with Gasteiger partial charge in [0.25, 0.3) is 0 Å². The van der Waals surface area contributed by atoms with Crippen LogP contribution in [-0.4, -0.2) is 38.2 Å². The Labute approximate surface area is 174 Å². The summed E-state index contributed by atoms with van der Waals surface area (Å²) in [5, 5.41) is 22.0. The summed E-state index contributed by atoms with van der Waals surface area (Å²) >= 11 is 0. The van der Waals surface area contributed by atoms with Crippen LogP contribution in [0.2, 0.25) is 0 Å². The fourth-order valence-electron chi connectivity index (χ4n) is 3.13. The highest BCUT2D eigenvalue weighted by Gasteiger charge is 2.21. The molecule has 0 saturated heterocycles. The molecule has 156 valence electrons. The van der Waals surface area contributed by atoms with Crippen molar-refractivity contribution < 1.29 is 19.8 Å². The second kappa shape index (κ2) is 8.49. The van der Waals surface area contributed by atoms with Gasteiger partial charge < -0.3 is 15.5 Å². The second-order valence-electron chi connectivity index (χ2n) is 8.21. The van der Waals surface area contributed by atoms with E-state index in [4.69, 9.17) is 5.11 Å². The van der Waals surface area contributed by atoms with Gasteiger partial charge in [0.15, 0.2) is 5.82 Å². The van der Waals surface area contributed by atoms with Gasteiger partial charge in [0.05, 0.1) is 5.52 Å². The number of aromatic nitrogens is 2. The lowest BCUT2D eigenvalue weighted by molar-refractivity contribution is -0.139. The Bertz CT molecular complexity index is 1070. The van der Waals surface area contributed by atoms with Gasteiger partial charge in [0.1, 0.15) is 11.9 Å². The highest BCUT2D eigenvalue weighted by molar-refractivity contribution is 5.92. The molecule has 7 nitrogen and oxygen atoms in total. The number of nitrogens with one attached hydrogen (secondary N) is 1. The molecule has 1 heterocycles. The zero-order valence-corrected chi connectivity index (χ0v) is 17.2. The Kier molecular flexibility index (Phi) is 6.01. The number of benzene rings is 2. The molecule has 7 heteroatoms. The largest absolute Gasteiger partial charge is 0.481 e. The van der Waals surface area contributed by atoms with E-state index >= 15 is 0 Å². The van der Waals surface area contributed by atoms with Crippen molar-refractivity contribution in [3.05, 3.63) is 54.1 Å². The molecule has 1 aromatic heterocycles. The van der Waals surface area contributed by atoms with Crippen LogP contribution in [0, 0.1) is 0 Å². The number of nitrogens with zero attached hydrogens (tertiary/aromatic N) is 2. The van der Waals surface area contributed by atoms with Gasteiger partial charge >= 0.3 is 11.9 Å². The molecule has 0 amide bonds. The van der Waals surface area contributed by atoms with Crippen LogP contribution in [0.4, 0.5) is 5.82 Å². The maximum atomic E-state index is 11.6. The highest BCUT2D eigenvalue weighted by Crippen LogP contribution is 2.28. The molecule has 0 spiro atoms. The second-order valence-corrected chi connectivity index (χ2v) is 8.21. The summed E-state index contributed by atoms with van der Waals surface area (Å²) in [7, 11) is 0. The first-order valence-electron chi connectivity index (χ1n) is 9.74. The van der Waals surface area contributed by atoms with E-state index in [0.717, 1.165) is 5.56 Å². The van der Waals surface area contributed by atoms with Gasteiger partial charge in [0, 0.05) is 17.4 Å². The Balaban J connectivity index is 2.02. The predicted octanol–water partition coefficient (Wildman–Crippen LogP) is 4.32. The minimum atomic E-state index is -1.13. The van der Waals surface area contributed by atoms with Crippen LogP contribution in [0.15, 0.2) is 48.5 Å². The standard InChI is InChI=1S/C23H25N3O4/c1-23(2,3)15-10-8-14(9-11-15)20-24-17-7-5-4-6-16(17)21(26-20)25-18(22(29)30)12-13-19(27)28/h4-11,18H,12-13H2,1-3H3,(H,27,28)(H,29,30)(H,24,25,26)/t18-/m1/s1. The molecule has 1 atom stereocenters. The minimum Gasteiger partial charge on any atom is -0.481 e. The van der Waals surface area contributed by atoms with Crippen molar-refractivity contribution in [1.29, 1.82) is 0 Å². The lowest BCUT2D eigenvalue weighted by Gasteiger charge is -2.19. The summed E-state index contributed by atoms with van der Waals surface area (Å²) in [5.74, 6) is -1.34. The van der Waals surface area contributed by atoms with Crippen molar-refractivity contribution in [2.75, 3.05) is 5.32 Å². The highest BCUT2D eigenvalue weighted by atomic mass is 16.4. The molecule has 0 unspecified atom stereocenters. The Hall–Kier alpha value is -3.48. The SMILES string of the molecule is CC(C)(C)c1ccc(-c2nc(N[C@H](CCC(=O)O)C(=O)O)c3ccccc3n2)cc1. The first kappa shape index (κ1) is 21.2. The summed E-state index contributed by atoms with van der Waals surface area (Å²) in [5.41, 5.74) is 2.69. The van der Waals surface area contributed by atoms with E-state index in [1.807, 2.05) is 42.5 Å². The van der Waals surface area contributed by atoms with Gasteiger partial charge in [-0.15, -0.1) is 0 Å². The number of carboxylic acids is 2. The number of carbonyl (C=O) groups is 2. The Morgan fingerprint density at radius 3 is 2.27 bits per heavy atom. The van der Waals surface area contributed by atoms with Crippen molar-refractivity contribution in [2.24, 2.45) is 0 Å². The Morgan fingerprint density at radius 2 is 1.67 bits per heavy atom. The number of hydrogen-bond donors (Lipinski definition) is 3. The topological polar surface area (TPSA) is 112 Å². The van der Waals surface area contributed by atoms with E-state index in [2.05, 4.69) is 36.1 Å². The summed E-state index contributed by atoms with van der Waals surface area (Å²) in [6, 6.07) is 14.2. The lowest BCUT2D eigenvalue weighted by Crippen LogP contribution is -2.30. The average Bonchev–Trinajstić information content (AvgIpc) is 2.70. The zero-order valence-electron chi connectivity index (χ0n) is 17.2. The van der Waals surface area contributed by atoms with Crippen molar-refractivity contribution >= 4 is 28.7 Å². The van der Waals surface area contributed by atoms with Gasteiger partial charge in [0.2, 0.25) is 0 Å². The van der Waals surface area contributed by atoms with E-state index in [0.29, 0.717) is 22.5 Å². The van der Waals surface area contributed by atoms with Crippen molar-refractivity contribution in [1.82, 2.24) is 9.97 Å². The van der Waals surface area contributed by atoms with E-state index < -0.39 is 18.0 Å². The third kappa shape index (κ3) is 4.92. The molecule has 3 N–H and O–H groups in total. The van der Waals surface area contributed by atoms with E-state index in [9.17, 15) is 14.7 Å². The normalized spacial score (nSPS) is 12.5. The fourth-order valence-corrected chi connectivity index (χ4v) is 3.13. The molecule has 30 heavy (non-hydrogen) atoms. The van der Waals surface area contributed by atoms with Crippen molar-refractivity contribution in [2.45, 2.75) is 45.1 Å². The average molecular weight is 407 g/mol. The molecule has 0 aliphatic carbocycles. The number of rotatable bonds is 7. The van der Waals surface area contributed by atoms with Crippen LogP contribution in [0.5, 0.6) is 0 Å². The van der Waals surface area contributed by atoms with E-state index in [-0.39, 0.29) is 18.3 Å². The summed E-state index contributed by atoms with van der Waals surface area (Å²) in [6.45, 7) is 6.42. The molecule has 0 radical (unpaired) electrons. The molecule has 0 aliphatic heterocycles. The van der Waals surface area contributed by atoms with Gasteiger partial charge in [-0.3, -0.25) is 4.79 Å². The maximum Gasteiger partial charge on any atom is 0.326 e. The zero-order chi connectivity index (χ0) is 21.9. The number of aliphatic carboxylic acids is 2. The lowest BCUT2D eigenvalue weighted by atomic mass is 9.87. The van der Waals surface area contributed by atoms with E-state index in [1.165, 1.54) is 5.56 Å². The molecule has 2 aromatic carbocycles. The number of hydrogen-bond acceptors (Lipinski definition) is 5. The van der Waals surface area contributed by atoms with Gasteiger partial charge in [-0.2, -0.15) is 0 Å². The Morgan fingerprint density at radius 1 is 1.00 bits per heavy atom. The van der Waals surface area contributed by atoms with Gasteiger partial charge in [-0.25, -0.2) is 14.8 Å². The first-order valence-corrected chi connectivity index (χ1v) is 9.74. The smallest absolute Gasteiger partial charge is 0.326 e. The summed E-state index contributed by atoms with van der Waals surface area (Å²) in [4.78, 5) is 31.7. The maximum absolute atomic E-state index is 11.6. The molecule has 0 aliphatic rings. The number of anilines is 1. The molecular weight excluding hydrogens is 382 g/mol. The van der Waals surface area contributed by atoms with Crippen LogP contribution < -0.4 is 5.32 Å². The fraction of sp³-hybridized carbons (Fsp3) is 0.304. The number of fused-ring (bicyclic) bond motifs is 1. The monoisotopic (exact) mass is 407 g/mol. The third-order valence-electron chi connectivity index (χ3n) is 4.87. The summed E-state index contributed by atoms with van der Waals surface area (Å²) in [6.07, 6.45) is -0.313. The quantitative estimate of drug-likeness (QED) is 0.534. The van der Waals surface area contributed by atoms with Crippen LogP contribution in [0.1, 0.15) is 39.2 Å². The molecule has 0 bridgehead atoms. The number of para-hydroxylation sites is 1.